The summed E-state index contributed by atoms with van der Waals surface area (Å²) in [5.74, 6) is -0.251. The lowest BCUT2D eigenvalue weighted by molar-refractivity contribution is -0.142. The summed E-state index contributed by atoms with van der Waals surface area (Å²) in [6.45, 7) is 2.16. The summed E-state index contributed by atoms with van der Waals surface area (Å²) in [6, 6.07) is 5.29. The molecule has 6 heteroatoms. The van der Waals surface area contributed by atoms with Crippen molar-refractivity contribution in [2.45, 2.75) is 13.3 Å². The molecule has 0 saturated carbocycles. The summed E-state index contributed by atoms with van der Waals surface area (Å²) in [7, 11) is 0. The van der Waals surface area contributed by atoms with Crippen LogP contribution in [-0.2, 0) is 16.0 Å². The number of para-hydroxylation sites is 1. The van der Waals surface area contributed by atoms with Gasteiger partial charge in [0.25, 0.3) is 0 Å². The van der Waals surface area contributed by atoms with Crippen molar-refractivity contribution in [3.8, 4) is 0 Å². The summed E-state index contributed by atoms with van der Waals surface area (Å²) in [5.41, 5.74) is 2.32. The van der Waals surface area contributed by atoms with E-state index < -0.39 is 0 Å². The topological polar surface area (TPSA) is 38.3 Å². The first-order valence-electron chi connectivity index (χ1n) is 6.03. The van der Waals surface area contributed by atoms with E-state index in [0.717, 1.165) is 11.3 Å². The fraction of sp³-hybridized carbons (Fsp3) is 0.214. The number of carbonyl (C=O) groups excluding carboxylic acids is 1. The van der Waals surface area contributed by atoms with Crippen LogP contribution in [0.25, 0.3) is 0 Å². The average molecular weight is 330 g/mol. The molecular formula is C14H13Cl2NO2S. The molecule has 0 spiro atoms. The number of halogens is 2. The minimum Gasteiger partial charge on any atom is -0.466 e. The number of hydrogen-bond donors (Lipinski definition) is 1. The van der Waals surface area contributed by atoms with Crippen molar-refractivity contribution < 1.29 is 9.53 Å². The molecule has 0 unspecified atom stereocenters. The minimum atomic E-state index is -0.251. The average Bonchev–Trinajstić information content (AvgIpc) is 2.81. The maximum absolute atomic E-state index is 11.6. The fourth-order valence-corrected chi connectivity index (χ4v) is 2.97. The lowest BCUT2D eigenvalue weighted by Crippen LogP contribution is -2.08. The van der Waals surface area contributed by atoms with E-state index in [1.54, 1.807) is 25.1 Å². The number of hydrogen-bond acceptors (Lipinski definition) is 4. The van der Waals surface area contributed by atoms with Gasteiger partial charge in [-0.05, 0) is 30.0 Å². The number of esters is 1. The number of carbonyl (C=O) groups is 1. The number of benzene rings is 1. The van der Waals surface area contributed by atoms with Crippen LogP contribution in [0.4, 0.5) is 11.4 Å². The van der Waals surface area contributed by atoms with Gasteiger partial charge in [0.2, 0.25) is 0 Å². The molecule has 0 aliphatic heterocycles. The van der Waals surface area contributed by atoms with E-state index in [2.05, 4.69) is 5.32 Å². The first-order chi connectivity index (χ1) is 9.61. The SMILES string of the molecule is CCOC(=O)Cc1cscc1Nc1c(Cl)cccc1Cl. The van der Waals surface area contributed by atoms with E-state index in [1.807, 2.05) is 10.8 Å². The number of anilines is 2. The van der Waals surface area contributed by atoms with Crippen molar-refractivity contribution in [3.05, 3.63) is 44.6 Å². The van der Waals surface area contributed by atoms with E-state index in [0.29, 0.717) is 22.3 Å². The van der Waals surface area contributed by atoms with Gasteiger partial charge in [0.15, 0.2) is 0 Å². The summed E-state index contributed by atoms with van der Waals surface area (Å²) in [6.07, 6.45) is 0.224. The van der Waals surface area contributed by atoms with Gasteiger partial charge in [0.05, 0.1) is 34.4 Å². The molecule has 0 aliphatic carbocycles. The number of ether oxygens (including phenoxy) is 1. The van der Waals surface area contributed by atoms with Gasteiger partial charge in [-0.3, -0.25) is 4.79 Å². The summed E-state index contributed by atoms with van der Waals surface area (Å²) < 4.78 is 4.95. The van der Waals surface area contributed by atoms with E-state index in [9.17, 15) is 4.79 Å². The second-order valence-corrected chi connectivity index (χ2v) is 5.57. The third-order valence-corrected chi connectivity index (χ3v) is 4.03. The molecule has 0 fully saturated rings. The zero-order valence-electron chi connectivity index (χ0n) is 10.8. The van der Waals surface area contributed by atoms with Crippen LogP contribution in [0.3, 0.4) is 0 Å². The predicted octanol–water partition coefficient (Wildman–Crippen LogP) is 4.90. The van der Waals surface area contributed by atoms with Crippen molar-refractivity contribution in [3.63, 3.8) is 0 Å². The van der Waals surface area contributed by atoms with Crippen molar-refractivity contribution in [2.75, 3.05) is 11.9 Å². The molecule has 0 saturated heterocycles. The van der Waals surface area contributed by atoms with Gasteiger partial charge in [0, 0.05) is 5.38 Å². The lowest BCUT2D eigenvalue weighted by Gasteiger charge is -2.11. The van der Waals surface area contributed by atoms with Gasteiger partial charge in [-0.25, -0.2) is 0 Å². The maximum Gasteiger partial charge on any atom is 0.310 e. The predicted molar refractivity (Wildman–Crippen MR) is 84.4 cm³/mol. The number of nitrogens with one attached hydrogen (secondary N) is 1. The van der Waals surface area contributed by atoms with Crippen LogP contribution in [0.2, 0.25) is 10.0 Å². The summed E-state index contributed by atoms with van der Waals surface area (Å²) in [4.78, 5) is 11.6. The van der Waals surface area contributed by atoms with Gasteiger partial charge in [-0.2, -0.15) is 0 Å². The Morgan fingerprint density at radius 1 is 1.30 bits per heavy atom. The van der Waals surface area contributed by atoms with Gasteiger partial charge in [-0.15, -0.1) is 11.3 Å². The largest absolute Gasteiger partial charge is 0.466 e. The summed E-state index contributed by atoms with van der Waals surface area (Å²) >= 11 is 13.7. The van der Waals surface area contributed by atoms with Crippen LogP contribution in [0, 0.1) is 0 Å². The van der Waals surface area contributed by atoms with Crippen molar-refractivity contribution >= 4 is 51.9 Å². The summed E-state index contributed by atoms with van der Waals surface area (Å²) in [5, 5.41) is 8.06. The fourth-order valence-electron chi connectivity index (χ4n) is 1.69. The van der Waals surface area contributed by atoms with Gasteiger partial charge >= 0.3 is 5.97 Å². The Hall–Kier alpha value is -1.23. The smallest absolute Gasteiger partial charge is 0.310 e. The van der Waals surface area contributed by atoms with Gasteiger partial charge < -0.3 is 10.1 Å². The molecular weight excluding hydrogens is 317 g/mol. The quantitative estimate of drug-likeness (QED) is 0.792. The molecule has 0 aliphatic rings. The Bertz CT molecular complexity index is 593. The Balaban J connectivity index is 2.19. The molecule has 1 aromatic heterocycles. The molecule has 1 N–H and O–H groups in total. The van der Waals surface area contributed by atoms with Gasteiger partial charge in [-0.1, -0.05) is 29.3 Å². The molecule has 0 amide bonds. The van der Waals surface area contributed by atoms with Crippen LogP contribution in [0.1, 0.15) is 12.5 Å². The van der Waals surface area contributed by atoms with Crippen LogP contribution in [0.5, 0.6) is 0 Å². The molecule has 1 aromatic carbocycles. The van der Waals surface area contributed by atoms with Crippen molar-refractivity contribution in [1.82, 2.24) is 0 Å². The Kier molecular flexibility index (Phi) is 5.29. The second-order valence-electron chi connectivity index (χ2n) is 4.01. The molecule has 0 bridgehead atoms. The van der Waals surface area contributed by atoms with E-state index in [1.165, 1.54) is 11.3 Å². The highest BCUT2D eigenvalue weighted by Gasteiger charge is 2.12. The standard InChI is InChI=1S/C14H13Cl2NO2S/c1-2-19-13(18)6-9-7-20-8-12(9)17-14-10(15)4-3-5-11(14)16/h3-5,7-8,17H,2,6H2,1H3. The Morgan fingerprint density at radius 3 is 2.65 bits per heavy atom. The van der Waals surface area contributed by atoms with Gasteiger partial charge in [0.1, 0.15) is 0 Å². The van der Waals surface area contributed by atoms with Crippen molar-refractivity contribution in [1.29, 1.82) is 0 Å². The molecule has 20 heavy (non-hydrogen) atoms. The highest BCUT2D eigenvalue weighted by atomic mass is 35.5. The van der Waals surface area contributed by atoms with Crippen LogP contribution < -0.4 is 5.32 Å². The maximum atomic E-state index is 11.6. The van der Waals surface area contributed by atoms with Crippen LogP contribution in [-0.4, -0.2) is 12.6 Å². The number of rotatable bonds is 5. The first kappa shape index (κ1) is 15.2. The molecule has 2 rings (SSSR count). The monoisotopic (exact) mass is 329 g/mol. The Morgan fingerprint density at radius 2 is 2.00 bits per heavy atom. The van der Waals surface area contributed by atoms with Crippen LogP contribution in [0.15, 0.2) is 29.0 Å². The molecule has 106 valence electrons. The third kappa shape index (κ3) is 3.66. The first-order valence-corrected chi connectivity index (χ1v) is 7.73. The third-order valence-electron chi connectivity index (χ3n) is 2.60. The molecule has 3 nitrogen and oxygen atoms in total. The van der Waals surface area contributed by atoms with E-state index in [4.69, 9.17) is 27.9 Å². The normalized spacial score (nSPS) is 10.3. The molecule has 2 aromatic rings. The highest BCUT2D eigenvalue weighted by Crippen LogP contribution is 2.34. The second kappa shape index (κ2) is 6.97. The number of thiophene rings is 1. The Labute approximate surface area is 131 Å². The minimum absolute atomic E-state index is 0.224. The zero-order valence-corrected chi connectivity index (χ0v) is 13.1. The lowest BCUT2D eigenvalue weighted by atomic mass is 10.2. The molecule has 0 radical (unpaired) electrons. The zero-order chi connectivity index (χ0) is 14.5. The highest BCUT2D eigenvalue weighted by molar-refractivity contribution is 7.08. The molecule has 1 heterocycles. The van der Waals surface area contributed by atoms with Crippen LogP contribution >= 0.6 is 34.5 Å². The molecule has 0 atom stereocenters. The van der Waals surface area contributed by atoms with E-state index >= 15 is 0 Å². The van der Waals surface area contributed by atoms with Crippen molar-refractivity contribution in [2.24, 2.45) is 0 Å². The van der Waals surface area contributed by atoms with E-state index in [-0.39, 0.29) is 12.4 Å².